The lowest BCUT2D eigenvalue weighted by Gasteiger charge is -2.30. The SMILES string of the molecule is CC(C)(CNC(=O)[C@H]1CCCN1C(=O)c1ccc(Cl)cc1)NCC(O)c1ccc(OC(=O)C(C)(C)C)c(OC(=O)C(C)(C)C)c1. The fourth-order valence-electron chi connectivity index (χ4n) is 4.42. The molecule has 2 atom stereocenters. The topological polar surface area (TPSA) is 134 Å². The van der Waals surface area contributed by atoms with Crippen molar-refractivity contribution in [3.63, 3.8) is 0 Å². The molecule has 3 N–H and O–H groups in total. The summed E-state index contributed by atoms with van der Waals surface area (Å²) in [6, 6.07) is 10.6. The van der Waals surface area contributed by atoms with Gasteiger partial charge in [-0.05, 0) is 110 Å². The highest BCUT2D eigenvalue weighted by atomic mass is 35.5. The molecule has 1 fully saturated rings. The summed E-state index contributed by atoms with van der Waals surface area (Å²) in [6.07, 6.45) is 0.287. The summed E-state index contributed by atoms with van der Waals surface area (Å²) in [7, 11) is 0. The van der Waals surface area contributed by atoms with Crippen LogP contribution in [0.1, 0.15) is 90.3 Å². The van der Waals surface area contributed by atoms with Crippen molar-refractivity contribution in [2.45, 2.75) is 85.9 Å². The van der Waals surface area contributed by atoms with E-state index in [1.54, 1.807) is 76.8 Å². The first kappa shape index (κ1) is 36.0. The lowest BCUT2D eigenvalue weighted by Crippen LogP contribution is -2.53. The molecule has 3 rings (SSSR count). The molecule has 246 valence electrons. The highest BCUT2D eigenvalue weighted by Gasteiger charge is 2.35. The maximum atomic E-state index is 13.1. The van der Waals surface area contributed by atoms with Crippen molar-refractivity contribution in [2.24, 2.45) is 10.8 Å². The Balaban J connectivity index is 1.63. The number of benzene rings is 2. The van der Waals surface area contributed by atoms with E-state index in [0.29, 0.717) is 29.1 Å². The molecule has 2 amide bonds. The largest absolute Gasteiger partial charge is 0.422 e. The second-order valence-corrected chi connectivity index (χ2v) is 14.6. The highest BCUT2D eigenvalue weighted by molar-refractivity contribution is 6.30. The molecule has 45 heavy (non-hydrogen) atoms. The van der Waals surface area contributed by atoms with Crippen LogP contribution >= 0.6 is 11.6 Å². The summed E-state index contributed by atoms with van der Waals surface area (Å²) < 4.78 is 11.1. The fourth-order valence-corrected chi connectivity index (χ4v) is 4.55. The van der Waals surface area contributed by atoms with Crippen LogP contribution in [0.25, 0.3) is 0 Å². The van der Waals surface area contributed by atoms with Crippen molar-refractivity contribution < 1.29 is 33.8 Å². The number of hydrogen-bond acceptors (Lipinski definition) is 8. The summed E-state index contributed by atoms with van der Waals surface area (Å²) >= 11 is 5.95. The van der Waals surface area contributed by atoms with E-state index in [4.69, 9.17) is 21.1 Å². The number of halogens is 1. The van der Waals surface area contributed by atoms with Gasteiger partial charge in [0.1, 0.15) is 6.04 Å². The molecule has 11 heteroatoms. The highest BCUT2D eigenvalue weighted by Crippen LogP contribution is 2.34. The number of esters is 2. The minimum Gasteiger partial charge on any atom is -0.422 e. The van der Waals surface area contributed by atoms with Gasteiger partial charge in [-0.3, -0.25) is 19.2 Å². The summed E-state index contributed by atoms with van der Waals surface area (Å²) in [5.41, 5.74) is -1.29. The number of β-amino-alcohol motifs (C(OH)–C–C–N with tert-alkyl or cyclic N) is 1. The van der Waals surface area contributed by atoms with Crippen LogP contribution in [0.5, 0.6) is 11.5 Å². The average Bonchev–Trinajstić information content (AvgIpc) is 3.45. The average molecular weight is 644 g/mol. The van der Waals surface area contributed by atoms with Gasteiger partial charge in [0.25, 0.3) is 5.91 Å². The molecule has 0 spiro atoms. The van der Waals surface area contributed by atoms with E-state index in [0.717, 1.165) is 6.42 Å². The van der Waals surface area contributed by atoms with Gasteiger partial charge in [-0.15, -0.1) is 0 Å². The molecule has 0 saturated carbocycles. The third kappa shape index (κ3) is 10.0. The molecular formula is C34H46ClN3O7. The van der Waals surface area contributed by atoms with E-state index >= 15 is 0 Å². The number of aliphatic hydroxyl groups excluding tert-OH is 1. The van der Waals surface area contributed by atoms with E-state index in [9.17, 15) is 24.3 Å². The lowest BCUT2D eigenvalue weighted by molar-refractivity contribution is -0.145. The quantitative estimate of drug-likeness (QED) is 0.242. The van der Waals surface area contributed by atoms with E-state index in [2.05, 4.69) is 10.6 Å². The third-order valence-corrected chi connectivity index (χ3v) is 7.62. The molecule has 0 aliphatic carbocycles. The molecule has 0 bridgehead atoms. The lowest BCUT2D eigenvalue weighted by atomic mass is 9.97. The molecular weight excluding hydrogens is 598 g/mol. The van der Waals surface area contributed by atoms with E-state index in [1.807, 2.05) is 13.8 Å². The second kappa shape index (κ2) is 14.3. The zero-order valence-electron chi connectivity index (χ0n) is 27.5. The fraction of sp³-hybridized carbons (Fsp3) is 0.529. The van der Waals surface area contributed by atoms with Gasteiger partial charge in [-0.2, -0.15) is 0 Å². The van der Waals surface area contributed by atoms with E-state index in [1.165, 1.54) is 12.1 Å². The first-order valence-electron chi connectivity index (χ1n) is 15.1. The predicted octanol–water partition coefficient (Wildman–Crippen LogP) is 5.07. The van der Waals surface area contributed by atoms with Crippen LogP contribution in [0.4, 0.5) is 0 Å². The summed E-state index contributed by atoms with van der Waals surface area (Å²) in [6.45, 7) is 14.9. The third-order valence-electron chi connectivity index (χ3n) is 7.37. The smallest absolute Gasteiger partial charge is 0.316 e. The minimum atomic E-state index is -1.01. The first-order valence-corrected chi connectivity index (χ1v) is 15.5. The second-order valence-electron chi connectivity index (χ2n) is 14.1. The number of ether oxygens (including phenoxy) is 2. The Bertz CT molecular complexity index is 1390. The predicted molar refractivity (Wildman–Crippen MR) is 172 cm³/mol. The molecule has 0 aromatic heterocycles. The van der Waals surface area contributed by atoms with Gasteiger partial charge < -0.3 is 30.1 Å². The number of likely N-dealkylation sites (tertiary alicyclic amines) is 1. The molecule has 2 aromatic carbocycles. The molecule has 1 heterocycles. The summed E-state index contributed by atoms with van der Waals surface area (Å²) in [5, 5.41) is 17.8. The number of carbonyl (C=O) groups is 4. The Morgan fingerprint density at radius 1 is 0.911 bits per heavy atom. The number of aliphatic hydroxyl groups is 1. The van der Waals surface area contributed by atoms with Gasteiger partial charge >= 0.3 is 11.9 Å². The van der Waals surface area contributed by atoms with Crippen LogP contribution in [0.15, 0.2) is 42.5 Å². The van der Waals surface area contributed by atoms with Crippen molar-refractivity contribution in [3.8, 4) is 11.5 Å². The van der Waals surface area contributed by atoms with Crippen molar-refractivity contribution >= 4 is 35.4 Å². The van der Waals surface area contributed by atoms with Crippen LogP contribution in [0.3, 0.4) is 0 Å². The van der Waals surface area contributed by atoms with Crippen LogP contribution in [0, 0.1) is 10.8 Å². The monoisotopic (exact) mass is 643 g/mol. The van der Waals surface area contributed by atoms with Crippen LogP contribution in [-0.4, -0.2) is 65.0 Å². The Morgan fingerprint density at radius 2 is 1.49 bits per heavy atom. The maximum absolute atomic E-state index is 13.1. The summed E-state index contributed by atoms with van der Waals surface area (Å²) in [5.74, 6) is -1.36. The molecule has 1 aliphatic rings. The molecule has 10 nitrogen and oxygen atoms in total. The number of nitrogens with one attached hydrogen (secondary N) is 2. The molecule has 2 aromatic rings. The van der Waals surface area contributed by atoms with E-state index < -0.39 is 40.5 Å². The normalized spacial score (nSPS) is 16.2. The Labute approximate surface area is 270 Å². The molecule has 1 unspecified atom stereocenters. The number of hydrogen-bond donors (Lipinski definition) is 3. The number of nitrogens with zero attached hydrogens (tertiary/aromatic N) is 1. The van der Waals surface area contributed by atoms with Gasteiger partial charge in [-0.1, -0.05) is 17.7 Å². The maximum Gasteiger partial charge on any atom is 0.316 e. The number of rotatable bonds is 10. The first-order chi connectivity index (χ1) is 20.8. The van der Waals surface area contributed by atoms with Gasteiger partial charge in [0, 0.05) is 35.8 Å². The van der Waals surface area contributed by atoms with Crippen molar-refractivity contribution in [1.29, 1.82) is 0 Å². The Hall–Kier alpha value is -3.47. The zero-order chi connectivity index (χ0) is 33.7. The van der Waals surface area contributed by atoms with Crippen molar-refractivity contribution in [1.82, 2.24) is 15.5 Å². The molecule has 0 radical (unpaired) electrons. The minimum absolute atomic E-state index is 0.0323. The standard InChI is InChI=1S/C34H46ClN3O7/c1-32(2,3)30(42)44-26-16-13-22(18-27(26)45-31(43)33(4,5)6)25(39)19-37-34(7,8)20-36-28(40)24-10-9-17-38(24)29(41)21-11-14-23(35)15-12-21/h11-16,18,24-25,37,39H,9-10,17,19-20H2,1-8H3,(H,36,40)/t24-,25?/m1/s1. The van der Waals surface area contributed by atoms with Crippen LogP contribution in [-0.2, 0) is 14.4 Å². The summed E-state index contributed by atoms with van der Waals surface area (Å²) in [4.78, 5) is 53.0. The van der Waals surface area contributed by atoms with Gasteiger partial charge in [0.2, 0.25) is 5.91 Å². The zero-order valence-corrected chi connectivity index (χ0v) is 28.2. The van der Waals surface area contributed by atoms with Crippen LogP contribution < -0.4 is 20.1 Å². The molecule has 1 aliphatic heterocycles. The van der Waals surface area contributed by atoms with Gasteiger partial charge in [0.15, 0.2) is 11.5 Å². The van der Waals surface area contributed by atoms with Gasteiger partial charge in [0.05, 0.1) is 16.9 Å². The Morgan fingerprint density at radius 3 is 2.07 bits per heavy atom. The molecule has 1 saturated heterocycles. The number of amides is 2. The van der Waals surface area contributed by atoms with Gasteiger partial charge in [-0.25, -0.2) is 0 Å². The van der Waals surface area contributed by atoms with Crippen molar-refractivity contribution in [2.75, 3.05) is 19.6 Å². The van der Waals surface area contributed by atoms with Crippen molar-refractivity contribution in [3.05, 3.63) is 58.6 Å². The van der Waals surface area contributed by atoms with E-state index in [-0.39, 0.29) is 36.4 Å². The van der Waals surface area contributed by atoms with Crippen LogP contribution in [0.2, 0.25) is 5.02 Å². The number of carbonyl (C=O) groups excluding carboxylic acids is 4. The Kier molecular flexibility index (Phi) is 11.4.